The molecule has 0 unspecified atom stereocenters. The van der Waals surface area contributed by atoms with Gasteiger partial charge in [-0.2, -0.15) is 0 Å². The Kier molecular flexibility index (Phi) is 5.84. The average molecular weight is 399 g/mol. The summed E-state index contributed by atoms with van der Waals surface area (Å²) in [5.41, 5.74) is 1.46. The molecule has 1 aliphatic heterocycles. The summed E-state index contributed by atoms with van der Waals surface area (Å²) in [6.07, 6.45) is 3.61. The summed E-state index contributed by atoms with van der Waals surface area (Å²) in [6, 6.07) is 9.29. The molecule has 0 aromatic heterocycles. The molecular formula is C21H18FNO4S. The van der Waals surface area contributed by atoms with Gasteiger partial charge < -0.3 is 9.84 Å². The number of ether oxygens (including phenoxy) is 1. The summed E-state index contributed by atoms with van der Waals surface area (Å²) in [6.45, 7) is 3.53. The van der Waals surface area contributed by atoms with E-state index in [-0.39, 0.29) is 28.5 Å². The lowest BCUT2D eigenvalue weighted by Gasteiger charge is -2.13. The molecule has 2 aromatic carbocycles. The van der Waals surface area contributed by atoms with E-state index in [1.54, 1.807) is 36.4 Å². The molecule has 1 aliphatic rings. The topological polar surface area (TPSA) is 66.8 Å². The Bertz CT molecular complexity index is 986. The molecule has 2 aromatic rings. The van der Waals surface area contributed by atoms with Crippen LogP contribution in [-0.2, 0) is 17.8 Å². The van der Waals surface area contributed by atoms with Crippen molar-refractivity contribution in [2.24, 2.45) is 0 Å². The molecule has 5 nitrogen and oxygen atoms in total. The Balaban J connectivity index is 1.90. The third kappa shape index (κ3) is 3.94. The highest BCUT2D eigenvalue weighted by Crippen LogP contribution is 2.36. The molecule has 0 saturated carbocycles. The number of imide groups is 1. The molecule has 28 heavy (non-hydrogen) atoms. The maximum atomic E-state index is 13.9. The van der Waals surface area contributed by atoms with Crippen LogP contribution in [0.1, 0.15) is 16.7 Å². The number of benzene rings is 2. The van der Waals surface area contributed by atoms with Crippen molar-refractivity contribution in [3.8, 4) is 11.5 Å². The van der Waals surface area contributed by atoms with E-state index in [0.717, 1.165) is 16.7 Å². The second-order valence-electron chi connectivity index (χ2n) is 6.08. The lowest BCUT2D eigenvalue weighted by atomic mass is 10.1. The SMILES string of the molecule is C=CCc1cc(/C=C2\SC(=O)N(Cc3ccccc3F)C2=O)cc(OC)c1O. The van der Waals surface area contributed by atoms with Crippen molar-refractivity contribution in [3.63, 3.8) is 0 Å². The molecule has 3 rings (SSSR count). The van der Waals surface area contributed by atoms with E-state index >= 15 is 0 Å². The minimum absolute atomic E-state index is 0.00667. The lowest BCUT2D eigenvalue weighted by molar-refractivity contribution is -0.123. The number of hydrogen-bond donors (Lipinski definition) is 1. The van der Waals surface area contributed by atoms with Gasteiger partial charge in [0.25, 0.3) is 11.1 Å². The Labute approximate surface area is 166 Å². The van der Waals surface area contributed by atoms with E-state index in [4.69, 9.17) is 4.74 Å². The van der Waals surface area contributed by atoms with Gasteiger partial charge in [0.15, 0.2) is 11.5 Å². The van der Waals surface area contributed by atoms with Crippen LogP contribution in [0.25, 0.3) is 6.08 Å². The van der Waals surface area contributed by atoms with Crippen LogP contribution in [0.3, 0.4) is 0 Å². The molecule has 0 atom stereocenters. The number of halogens is 1. The van der Waals surface area contributed by atoms with E-state index in [2.05, 4.69) is 6.58 Å². The number of thioether (sulfide) groups is 1. The maximum Gasteiger partial charge on any atom is 0.293 e. The van der Waals surface area contributed by atoms with Gasteiger partial charge in [0, 0.05) is 11.1 Å². The van der Waals surface area contributed by atoms with Crippen LogP contribution >= 0.6 is 11.8 Å². The maximum absolute atomic E-state index is 13.9. The number of rotatable bonds is 6. The highest BCUT2D eigenvalue weighted by molar-refractivity contribution is 8.18. The number of carbonyl (C=O) groups excluding carboxylic acids is 2. The molecule has 1 fully saturated rings. The standard InChI is InChI=1S/C21H18FNO4S/c1-3-6-14-9-13(10-17(27-2)19(14)24)11-18-20(25)23(21(26)28-18)12-15-7-4-5-8-16(15)22/h3-5,7-11,24H,1,6,12H2,2H3/b18-11-. The predicted molar refractivity (Wildman–Crippen MR) is 106 cm³/mol. The zero-order valence-electron chi connectivity index (χ0n) is 15.1. The van der Waals surface area contributed by atoms with Crippen molar-refractivity contribution in [1.82, 2.24) is 4.90 Å². The van der Waals surface area contributed by atoms with E-state index < -0.39 is 17.0 Å². The number of phenolic OH excluding ortho intramolecular Hbond substituents is 1. The second kappa shape index (κ2) is 8.31. The zero-order valence-corrected chi connectivity index (χ0v) is 16.0. The average Bonchev–Trinajstić information content (AvgIpc) is 2.93. The van der Waals surface area contributed by atoms with E-state index in [1.165, 1.54) is 19.2 Å². The van der Waals surface area contributed by atoms with E-state index in [9.17, 15) is 19.1 Å². The highest BCUT2D eigenvalue weighted by Gasteiger charge is 2.35. The van der Waals surface area contributed by atoms with Gasteiger partial charge in [0.2, 0.25) is 0 Å². The smallest absolute Gasteiger partial charge is 0.293 e. The van der Waals surface area contributed by atoms with Crippen LogP contribution in [0.15, 0.2) is 54.0 Å². The van der Waals surface area contributed by atoms with E-state index in [1.807, 2.05) is 0 Å². The van der Waals surface area contributed by atoms with Crippen LogP contribution in [0.4, 0.5) is 9.18 Å². The first kappa shape index (κ1) is 19.7. The minimum atomic E-state index is -0.490. The Morgan fingerprint density at radius 3 is 2.68 bits per heavy atom. The Hall–Kier alpha value is -3.06. The lowest BCUT2D eigenvalue weighted by Crippen LogP contribution is -2.27. The molecule has 0 bridgehead atoms. The third-order valence-electron chi connectivity index (χ3n) is 4.22. The number of hydrogen-bond acceptors (Lipinski definition) is 5. The third-order valence-corrected chi connectivity index (χ3v) is 5.13. The molecule has 2 amide bonds. The van der Waals surface area contributed by atoms with Gasteiger partial charge in [-0.1, -0.05) is 24.3 Å². The summed E-state index contributed by atoms with van der Waals surface area (Å²) in [5, 5.41) is 9.71. The monoisotopic (exact) mass is 399 g/mol. The highest BCUT2D eigenvalue weighted by atomic mass is 32.2. The Morgan fingerprint density at radius 2 is 2.00 bits per heavy atom. The number of amides is 2. The molecule has 0 aliphatic carbocycles. The molecule has 144 valence electrons. The number of methoxy groups -OCH3 is 1. The summed E-state index contributed by atoms with van der Waals surface area (Å²) in [5.74, 6) is -0.693. The summed E-state index contributed by atoms with van der Waals surface area (Å²) >= 11 is 0.791. The molecule has 1 N–H and O–H groups in total. The molecule has 7 heteroatoms. The molecule has 0 spiro atoms. The van der Waals surface area contributed by atoms with Crippen molar-refractivity contribution in [2.45, 2.75) is 13.0 Å². The van der Waals surface area contributed by atoms with Crippen LogP contribution < -0.4 is 4.74 Å². The molecule has 1 heterocycles. The minimum Gasteiger partial charge on any atom is -0.504 e. The Morgan fingerprint density at radius 1 is 1.25 bits per heavy atom. The normalized spacial score (nSPS) is 15.4. The molecule has 1 saturated heterocycles. The fourth-order valence-corrected chi connectivity index (χ4v) is 3.66. The molecule has 0 radical (unpaired) electrons. The summed E-state index contributed by atoms with van der Waals surface area (Å²) in [7, 11) is 1.43. The van der Waals surface area contributed by atoms with Crippen LogP contribution in [0.2, 0.25) is 0 Å². The van der Waals surface area contributed by atoms with Gasteiger partial charge in [-0.15, -0.1) is 6.58 Å². The number of phenols is 1. The first-order chi connectivity index (χ1) is 13.4. The molecular weight excluding hydrogens is 381 g/mol. The van der Waals surface area contributed by atoms with Gasteiger partial charge in [-0.05, 0) is 48.0 Å². The number of carbonyl (C=O) groups is 2. The van der Waals surface area contributed by atoms with Crippen LogP contribution in [0.5, 0.6) is 11.5 Å². The number of aromatic hydroxyl groups is 1. The van der Waals surface area contributed by atoms with Crippen LogP contribution in [0, 0.1) is 5.82 Å². The van der Waals surface area contributed by atoms with Gasteiger partial charge in [-0.25, -0.2) is 4.39 Å². The van der Waals surface area contributed by atoms with Crippen molar-refractivity contribution < 1.29 is 23.8 Å². The van der Waals surface area contributed by atoms with Crippen LogP contribution in [-0.4, -0.2) is 28.3 Å². The fourth-order valence-electron chi connectivity index (χ4n) is 2.82. The van der Waals surface area contributed by atoms with Crippen molar-refractivity contribution in [2.75, 3.05) is 7.11 Å². The summed E-state index contributed by atoms with van der Waals surface area (Å²) in [4.78, 5) is 26.2. The van der Waals surface area contributed by atoms with Crippen molar-refractivity contribution in [3.05, 3.63) is 76.5 Å². The van der Waals surface area contributed by atoms with Crippen molar-refractivity contribution in [1.29, 1.82) is 0 Å². The van der Waals surface area contributed by atoms with Gasteiger partial charge >= 0.3 is 0 Å². The fraction of sp³-hybridized carbons (Fsp3) is 0.143. The quantitative estimate of drug-likeness (QED) is 0.572. The van der Waals surface area contributed by atoms with Gasteiger partial charge in [0.05, 0.1) is 18.6 Å². The van der Waals surface area contributed by atoms with Gasteiger partial charge in [-0.3, -0.25) is 14.5 Å². The summed E-state index contributed by atoms with van der Waals surface area (Å²) < 4.78 is 19.0. The largest absolute Gasteiger partial charge is 0.504 e. The first-order valence-corrected chi connectivity index (χ1v) is 9.25. The predicted octanol–water partition coefficient (Wildman–Crippen LogP) is 4.50. The number of nitrogens with zero attached hydrogens (tertiary/aromatic N) is 1. The second-order valence-corrected chi connectivity index (χ2v) is 7.08. The van der Waals surface area contributed by atoms with Crippen molar-refractivity contribution >= 4 is 29.0 Å². The van der Waals surface area contributed by atoms with Gasteiger partial charge in [0.1, 0.15) is 5.82 Å². The first-order valence-electron chi connectivity index (χ1n) is 8.44. The number of allylic oxidation sites excluding steroid dienone is 1. The zero-order chi connectivity index (χ0) is 20.3. The van der Waals surface area contributed by atoms with E-state index in [0.29, 0.717) is 17.5 Å².